The van der Waals surface area contributed by atoms with Gasteiger partial charge in [0.1, 0.15) is 6.61 Å². The van der Waals surface area contributed by atoms with Gasteiger partial charge in [-0.2, -0.15) is 0 Å². The van der Waals surface area contributed by atoms with Gasteiger partial charge in [-0.15, -0.1) is 0 Å². The quantitative estimate of drug-likeness (QED) is 0.560. The fraction of sp³-hybridized carbons (Fsp3) is 0.786. The van der Waals surface area contributed by atoms with Crippen LogP contribution in [0.3, 0.4) is 0 Å². The summed E-state index contributed by atoms with van der Waals surface area (Å²) in [5.41, 5.74) is 0. The van der Waals surface area contributed by atoms with Gasteiger partial charge in [-0.05, 0) is 26.7 Å². The molecule has 4 nitrogen and oxygen atoms in total. The highest BCUT2D eigenvalue weighted by atomic mass is 16.7. The number of hydrogen-bond acceptors (Lipinski definition) is 4. The monoisotopic (exact) mass is 256 g/mol. The molecular formula is C14H24O4. The molecule has 0 radical (unpaired) electrons. The highest BCUT2D eigenvalue weighted by molar-refractivity contribution is 5.65. The molecule has 0 aromatic heterocycles. The van der Waals surface area contributed by atoms with E-state index in [0.717, 1.165) is 19.4 Å². The molecule has 2 atom stereocenters. The van der Waals surface area contributed by atoms with E-state index in [-0.39, 0.29) is 12.1 Å². The molecule has 0 aromatic rings. The Labute approximate surface area is 109 Å². The highest BCUT2D eigenvalue weighted by Gasteiger charge is 2.33. The lowest BCUT2D eigenvalue weighted by atomic mass is 9.99. The van der Waals surface area contributed by atoms with Crippen LogP contribution in [0, 0.1) is 5.92 Å². The first-order valence-corrected chi connectivity index (χ1v) is 6.51. The van der Waals surface area contributed by atoms with E-state index in [1.165, 1.54) is 6.92 Å². The summed E-state index contributed by atoms with van der Waals surface area (Å²) in [5, 5.41) is 0. The van der Waals surface area contributed by atoms with Crippen molar-refractivity contribution in [2.24, 2.45) is 5.92 Å². The molecule has 104 valence electrons. The fourth-order valence-electron chi connectivity index (χ4n) is 1.91. The number of esters is 1. The maximum atomic E-state index is 10.5. The van der Waals surface area contributed by atoms with E-state index in [4.69, 9.17) is 14.2 Å². The van der Waals surface area contributed by atoms with Gasteiger partial charge in [-0.1, -0.05) is 19.1 Å². The Morgan fingerprint density at radius 1 is 1.44 bits per heavy atom. The van der Waals surface area contributed by atoms with Gasteiger partial charge in [0.25, 0.3) is 0 Å². The number of ether oxygens (including phenoxy) is 3. The molecule has 18 heavy (non-hydrogen) atoms. The Balaban J connectivity index is 2.23. The van der Waals surface area contributed by atoms with Crippen LogP contribution in [0.2, 0.25) is 0 Å². The average Bonchev–Trinajstić information content (AvgIpc) is 2.27. The summed E-state index contributed by atoms with van der Waals surface area (Å²) in [7, 11) is 0. The first-order valence-electron chi connectivity index (χ1n) is 6.51. The summed E-state index contributed by atoms with van der Waals surface area (Å²) in [4.78, 5) is 10.5. The normalized spacial score (nSPS) is 27.3. The summed E-state index contributed by atoms with van der Waals surface area (Å²) in [6, 6.07) is 0. The van der Waals surface area contributed by atoms with E-state index in [0.29, 0.717) is 12.5 Å². The maximum Gasteiger partial charge on any atom is 0.302 e. The molecule has 1 rings (SSSR count). The summed E-state index contributed by atoms with van der Waals surface area (Å²) < 4.78 is 16.3. The molecule has 0 saturated carbocycles. The van der Waals surface area contributed by atoms with Gasteiger partial charge in [0.05, 0.1) is 12.7 Å². The Kier molecular flexibility index (Phi) is 5.82. The van der Waals surface area contributed by atoms with Crippen LogP contribution in [-0.4, -0.2) is 31.1 Å². The molecule has 0 aliphatic carbocycles. The third kappa shape index (κ3) is 5.65. The van der Waals surface area contributed by atoms with Crippen molar-refractivity contribution >= 4 is 5.97 Å². The molecule has 0 amide bonds. The standard InChI is InChI=1S/C14H24O4/c1-11-10-17-14(3,4)18-13(11)8-6-5-7-9-16-12(2)15/h5,7,11,13H,6,8-10H2,1-4H3/b7-5+/t11-,13+/m0/s1. The van der Waals surface area contributed by atoms with Crippen molar-refractivity contribution in [3.05, 3.63) is 12.2 Å². The molecule has 1 aliphatic rings. The minimum absolute atomic E-state index is 0.229. The van der Waals surface area contributed by atoms with Gasteiger partial charge < -0.3 is 14.2 Å². The molecule has 1 aliphatic heterocycles. The molecule has 0 spiro atoms. The van der Waals surface area contributed by atoms with Crippen molar-refractivity contribution in [3.63, 3.8) is 0 Å². The van der Waals surface area contributed by atoms with Crippen molar-refractivity contribution in [2.75, 3.05) is 13.2 Å². The number of carbonyl (C=O) groups excluding carboxylic acids is 1. The summed E-state index contributed by atoms with van der Waals surface area (Å²) in [5.74, 6) is -0.304. The number of rotatable bonds is 5. The topological polar surface area (TPSA) is 44.8 Å². The highest BCUT2D eigenvalue weighted by Crippen LogP contribution is 2.28. The molecule has 1 fully saturated rings. The average molecular weight is 256 g/mol. The lowest BCUT2D eigenvalue weighted by Gasteiger charge is -2.39. The molecule has 0 unspecified atom stereocenters. The largest absolute Gasteiger partial charge is 0.462 e. The van der Waals surface area contributed by atoms with Crippen molar-refractivity contribution in [1.82, 2.24) is 0 Å². The zero-order valence-corrected chi connectivity index (χ0v) is 11.8. The van der Waals surface area contributed by atoms with Crippen LogP contribution in [0.15, 0.2) is 12.2 Å². The van der Waals surface area contributed by atoms with E-state index >= 15 is 0 Å². The predicted molar refractivity (Wildman–Crippen MR) is 69.1 cm³/mol. The summed E-state index contributed by atoms with van der Waals surface area (Å²) in [6.45, 7) is 8.54. The maximum absolute atomic E-state index is 10.5. The first-order chi connectivity index (χ1) is 8.41. The van der Waals surface area contributed by atoms with Gasteiger partial charge in [-0.3, -0.25) is 4.79 Å². The van der Waals surface area contributed by atoms with Crippen LogP contribution in [0.1, 0.15) is 40.5 Å². The molecule has 0 aromatic carbocycles. The molecule has 4 heteroatoms. The number of hydrogen-bond donors (Lipinski definition) is 0. The second-order valence-electron chi connectivity index (χ2n) is 5.20. The Hall–Kier alpha value is -0.870. The molecular weight excluding hydrogens is 232 g/mol. The van der Waals surface area contributed by atoms with Crippen LogP contribution in [0.5, 0.6) is 0 Å². The third-order valence-corrected chi connectivity index (χ3v) is 2.93. The van der Waals surface area contributed by atoms with E-state index in [9.17, 15) is 4.79 Å². The SMILES string of the molecule is CC(=O)OC/C=C/CC[C@H]1OC(C)(C)OC[C@@H]1C. The lowest BCUT2D eigenvalue weighted by Crippen LogP contribution is -2.44. The second kappa shape index (κ2) is 6.90. The van der Waals surface area contributed by atoms with Crippen LogP contribution >= 0.6 is 0 Å². The Bertz CT molecular complexity index is 296. The summed E-state index contributed by atoms with van der Waals surface area (Å²) >= 11 is 0. The molecule has 0 N–H and O–H groups in total. The third-order valence-electron chi connectivity index (χ3n) is 2.93. The number of carbonyl (C=O) groups is 1. The zero-order valence-electron chi connectivity index (χ0n) is 11.8. The molecule has 0 bridgehead atoms. The fourth-order valence-corrected chi connectivity index (χ4v) is 1.91. The van der Waals surface area contributed by atoms with Gasteiger partial charge in [-0.25, -0.2) is 0 Å². The summed E-state index contributed by atoms with van der Waals surface area (Å²) in [6.07, 6.45) is 6.02. The van der Waals surface area contributed by atoms with E-state index in [1.807, 2.05) is 26.0 Å². The number of allylic oxidation sites excluding steroid dienone is 1. The van der Waals surface area contributed by atoms with Gasteiger partial charge in [0.15, 0.2) is 5.79 Å². The lowest BCUT2D eigenvalue weighted by molar-refractivity contribution is -0.291. The van der Waals surface area contributed by atoms with Crippen LogP contribution in [0.25, 0.3) is 0 Å². The van der Waals surface area contributed by atoms with E-state index < -0.39 is 5.79 Å². The van der Waals surface area contributed by atoms with Crippen LogP contribution in [0.4, 0.5) is 0 Å². The van der Waals surface area contributed by atoms with Crippen molar-refractivity contribution in [2.45, 2.75) is 52.4 Å². The van der Waals surface area contributed by atoms with Crippen molar-refractivity contribution < 1.29 is 19.0 Å². The molecule has 1 heterocycles. The predicted octanol–water partition coefficient (Wildman–Crippen LogP) is 2.67. The van der Waals surface area contributed by atoms with E-state index in [2.05, 4.69) is 6.92 Å². The minimum Gasteiger partial charge on any atom is -0.462 e. The minimum atomic E-state index is -0.474. The van der Waals surface area contributed by atoms with Gasteiger partial charge in [0, 0.05) is 12.8 Å². The van der Waals surface area contributed by atoms with Gasteiger partial charge in [0.2, 0.25) is 0 Å². The second-order valence-corrected chi connectivity index (χ2v) is 5.20. The van der Waals surface area contributed by atoms with Gasteiger partial charge >= 0.3 is 5.97 Å². The first kappa shape index (κ1) is 15.2. The smallest absolute Gasteiger partial charge is 0.302 e. The Morgan fingerprint density at radius 3 is 2.83 bits per heavy atom. The van der Waals surface area contributed by atoms with Crippen molar-refractivity contribution in [1.29, 1.82) is 0 Å². The van der Waals surface area contributed by atoms with Crippen LogP contribution in [-0.2, 0) is 19.0 Å². The zero-order chi connectivity index (χ0) is 13.6. The van der Waals surface area contributed by atoms with E-state index in [1.54, 1.807) is 0 Å². The molecule has 1 saturated heterocycles. The van der Waals surface area contributed by atoms with Crippen LogP contribution < -0.4 is 0 Å². The Morgan fingerprint density at radius 2 is 2.17 bits per heavy atom. The van der Waals surface area contributed by atoms with Crippen molar-refractivity contribution in [3.8, 4) is 0 Å².